The van der Waals surface area contributed by atoms with Crippen molar-refractivity contribution in [3.63, 3.8) is 0 Å². The second-order valence-corrected chi connectivity index (χ2v) is 5.06. The molecule has 0 spiro atoms. The van der Waals surface area contributed by atoms with Crippen molar-refractivity contribution in [2.75, 3.05) is 17.7 Å². The monoisotopic (exact) mass is 337 g/mol. The lowest BCUT2D eigenvalue weighted by molar-refractivity contribution is 0.0602. The van der Waals surface area contributed by atoms with Gasteiger partial charge in [-0.05, 0) is 12.1 Å². The number of amides is 2. The number of aromatic nitrogens is 1. The summed E-state index contributed by atoms with van der Waals surface area (Å²) in [5, 5.41) is 8.96. The van der Waals surface area contributed by atoms with Crippen LogP contribution >= 0.6 is 0 Å². The van der Waals surface area contributed by atoms with Crippen molar-refractivity contribution in [2.45, 2.75) is 0 Å². The minimum Gasteiger partial charge on any atom is -0.465 e. The Morgan fingerprint density at radius 1 is 1.00 bits per heavy atom. The summed E-state index contributed by atoms with van der Waals surface area (Å²) in [6.45, 7) is 0. The van der Waals surface area contributed by atoms with Crippen molar-refractivity contribution in [3.8, 4) is 11.3 Å². The molecule has 0 unspecified atom stereocenters. The molecule has 1 heterocycles. The van der Waals surface area contributed by atoms with Crippen molar-refractivity contribution in [3.05, 3.63) is 66.2 Å². The van der Waals surface area contributed by atoms with Gasteiger partial charge in [-0.3, -0.25) is 5.32 Å². The summed E-state index contributed by atoms with van der Waals surface area (Å²) in [4.78, 5) is 23.8. The quantitative estimate of drug-likeness (QED) is 0.707. The van der Waals surface area contributed by atoms with Crippen LogP contribution in [0.5, 0.6) is 0 Å². The molecule has 25 heavy (non-hydrogen) atoms. The normalized spacial score (nSPS) is 10.1. The van der Waals surface area contributed by atoms with E-state index < -0.39 is 12.0 Å². The summed E-state index contributed by atoms with van der Waals surface area (Å²) in [6, 6.07) is 17.0. The molecule has 7 heteroatoms. The highest BCUT2D eigenvalue weighted by atomic mass is 16.5. The number of para-hydroxylation sites is 1. The highest BCUT2D eigenvalue weighted by Crippen LogP contribution is 2.22. The lowest BCUT2D eigenvalue weighted by atomic mass is 10.2. The lowest BCUT2D eigenvalue weighted by Gasteiger charge is -2.09. The zero-order valence-electron chi connectivity index (χ0n) is 13.4. The summed E-state index contributed by atoms with van der Waals surface area (Å²) in [5.41, 5.74) is 1.43. The predicted molar refractivity (Wildman–Crippen MR) is 92.4 cm³/mol. The maximum atomic E-state index is 12.1. The zero-order chi connectivity index (χ0) is 17.6. The Hall–Kier alpha value is -3.61. The SMILES string of the molecule is COC(=O)c1ccccc1NC(=O)Nc1cc(-c2ccccc2)on1. The molecule has 0 saturated carbocycles. The van der Waals surface area contributed by atoms with Crippen LogP contribution in [0.25, 0.3) is 11.3 Å². The third-order valence-corrected chi connectivity index (χ3v) is 3.39. The number of hydrogen-bond donors (Lipinski definition) is 2. The van der Waals surface area contributed by atoms with Gasteiger partial charge in [-0.15, -0.1) is 0 Å². The van der Waals surface area contributed by atoms with E-state index in [4.69, 9.17) is 9.26 Å². The van der Waals surface area contributed by atoms with E-state index in [1.807, 2.05) is 30.3 Å². The van der Waals surface area contributed by atoms with Gasteiger partial charge in [-0.2, -0.15) is 0 Å². The smallest absolute Gasteiger partial charge is 0.339 e. The molecule has 0 aliphatic heterocycles. The van der Waals surface area contributed by atoms with Gasteiger partial charge in [-0.1, -0.05) is 47.6 Å². The van der Waals surface area contributed by atoms with E-state index in [0.717, 1.165) is 5.56 Å². The van der Waals surface area contributed by atoms with E-state index in [0.29, 0.717) is 11.4 Å². The summed E-state index contributed by atoms with van der Waals surface area (Å²) in [7, 11) is 1.28. The lowest BCUT2D eigenvalue weighted by Crippen LogP contribution is -2.21. The molecule has 126 valence electrons. The van der Waals surface area contributed by atoms with Crippen molar-refractivity contribution in [1.29, 1.82) is 0 Å². The molecular weight excluding hydrogens is 322 g/mol. The third kappa shape index (κ3) is 3.84. The first-order chi connectivity index (χ1) is 12.2. The number of esters is 1. The maximum absolute atomic E-state index is 12.1. The standard InChI is InChI=1S/C18H15N3O4/c1-24-17(22)13-9-5-6-10-14(13)19-18(23)20-16-11-15(25-21-16)12-7-3-2-4-8-12/h2-11H,1H3,(H2,19,20,21,23). The van der Waals surface area contributed by atoms with E-state index in [9.17, 15) is 9.59 Å². The van der Waals surface area contributed by atoms with Gasteiger partial charge in [0.15, 0.2) is 11.6 Å². The first-order valence-corrected chi connectivity index (χ1v) is 7.45. The van der Waals surface area contributed by atoms with Gasteiger partial charge >= 0.3 is 12.0 Å². The minimum absolute atomic E-state index is 0.255. The Bertz CT molecular complexity index is 890. The van der Waals surface area contributed by atoms with Crippen LogP contribution in [-0.4, -0.2) is 24.3 Å². The van der Waals surface area contributed by atoms with Gasteiger partial charge in [0.2, 0.25) is 0 Å². The summed E-state index contributed by atoms with van der Waals surface area (Å²) in [6.07, 6.45) is 0. The van der Waals surface area contributed by atoms with Crippen LogP contribution in [-0.2, 0) is 4.74 Å². The third-order valence-electron chi connectivity index (χ3n) is 3.39. The average molecular weight is 337 g/mol. The van der Waals surface area contributed by atoms with Crippen LogP contribution in [0, 0.1) is 0 Å². The molecule has 7 nitrogen and oxygen atoms in total. The molecule has 0 radical (unpaired) electrons. The molecule has 2 aromatic carbocycles. The van der Waals surface area contributed by atoms with Crippen molar-refractivity contribution in [2.24, 2.45) is 0 Å². The minimum atomic E-state index is -0.552. The van der Waals surface area contributed by atoms with E-state index in [1.165, 1.54) is 7.11 Å². The fourth-order valence-electron chi connectivity index (χ4n) is 2.22. The fourth-order valence-corrected chi connectivity index (χ4v) is 2.22. The highest BCUT2D eigenvalue weighted by molar-refractivity contribution is 6.04. The number of nitrogens with zero attached hydrogens (tertiary/aromatic N) is 1. The van der Waals surface area contributed by atoms with Crippen molar-refractivity contribution < 1.29 is 18.8 Å². The average Bonchev–Trinajstić information content (AvgIpc) is 3.10. The van der Waals surface area contributed by atoms with Crippen LogP contribution in [0.2, 0.25) is 0 Å². The summed E-state index contributed by atoms with van der Waals surface area (Å²) >= 11 is 0. The Morgan fingerprint density at radius 3 is 2.48 bits per heavy atom. The van der Waals surface area contributed by atoms with E-state index in [-0.39, 0.29) is 11.4 Å². The molecule has 0 atom stereocenters. The van der Waals surface area contributed by atoms with Gasteiger partial charge in [0.25, 0.3) is 0 Å². The van der Waals surface area contributed by atoms with Crippen LogP contribution in [0.3, 0.4) is 0 Å². The maximum Gasteiger partial charge on any atom is 0.339 e. The number of anilines is 2. The largest absolute Gasteiger partial charge is 0.465 e. The van der Waals surface area contributed by atoms with E-state index >= 15 is 0 Å². The first-order valence-electron chi connectivity index (χ1n) is 7.45. The number of carbonyl (C=O) groups is 2. The number of hydrogen-bond acceptors (Lipinski definition) is 5. The predicted octanol–water partition coefficient (Wildman–Crippen LogP) is 3.77. The van der Waals surface area contributed by atoms with E-state index in [2.05, 4.69) is 15.8 Å². The van der Waals surface area contributed by atoms with Crippen molar-refractivity contribution >= 4 is 23.5 Å². The molecule has 0 fully saturated rings. The molecule has 2 N–H and O–H groups in total. The van der Waals surface area contributed by atoms with Crippen molar-refractivity contribution in [1.82, 2.24) is 5.16 Å². The summed E-state index contributed by atoms with van der Waals surface area (Å²) in [5.74, 6) is 0.251. The Kier molecular flexibility index (Phi) is 4.75. The first kappa shape index (κ1) is 16.3. The summed E-state index contributed by atoms with van der Waals surface area (Å²) < 4.78 is 9.91. The van der Waals surface area contributed by atoms with Gasteiger partial charge in [0.05, 0.1) is 18.4 Å². The molecular formula is C18H15N3O4. The number of carbonyl (C=O) groups excluding carboxylic acids is 2. The highest BCUT2D eigenvalue weighted by Gasteiger charge is 2.14. The number of methoxy groups -OCH3 is 1. The van der Waals surface area contributed by atoms with Gasteiger partial charge in [0.1, 0.15) is 0 Å². The molecule has 0 saturated heterocycles. The van der Waals surface area contributed by atoms with Crippen LogP contribution in [0.4, 0.5) is 16.3 Å². The number of rotatable bonds is 4. The fraction of sp³-hybridized carbons (Fsp3) is 0.0556. The number of urea groups is 1. The molecule has 0 aliphatic rings. The number of ether oxygens (including phenoxy) is 1. The van der Waals surface area contributed by atoms with Crippen LogP contribution < -0.4 is 10.6 Å². The van der Waals surface area contributed by atoms with Gasteiger partial charge < -0.3 is 14.6 Å². The Labute approximate surface area is 143 Å². The molecule has 1 aromatic heterocycles. The molecule has 0 bridgehead atoms. The Balaban J connectivity index is 1.70. The zero-order valence-corrected chi connectivity index (χ0v) is 13.4. The van der Waals surface area contributed by atoms with Crippen LogP contribution in [0.1, 0.15) is 10.4 Å². The number of benzene rings is 2. The topological polar surface area (TPSA) is 93.5 Å². The molecule has 0 aliphatic carbocycles. The number of nitrogens with one attached hydrogen (secondary N) is 2. The molecule has 3 aromatic rings. The second-order valence-electron chi connectivity index (χ2n) is 5.06. The van der Waals surface area contributed by atoms with Gasteiger partial charge in [-0.25, -0.2) is 9.59 Å². The van der Waals surface area contributed by atoms with E-state index in [1.54, 1.807) is 30.3 Å². The second kappa shape index (κ2) is 7.31. The Morgan fingerprint density at radius 2 is 1.72 bits per heavy atom. The van der Waals surface area contributed by atoms with Gasteiger partial charge in [0, 0.05) is 11.6 Å². The molecule has 3 rings (SSSR count). The molecule has 2 amide bonds. The van der Waals surface area contributed by atoms with Crippen LogP contribution in [0.15, 0.2) is 65.2 Å².